The van der Waals surface area contributed by atoms with Crippen molar-refractivity contribution in [1.29, 1.82) is 0 Å². The Hall–Kier alpha value is -2.69. The molecule has 0 aliphatic heterocycles. The Morgan fingerprint density at radius 1 is 1.00 bits per heavy atom. The third kappa shape index (κ3) is 3.69. The number of para-hydroxylation sites is 2. The zero-order valence-corrected chi connectivity index (χ0v) is 12.9. The molecule has 2 aromatic rings. The molecule has 0 fully saturated rings. The second-order valence-electron chi connectivity index (χ2n) is 4.64. The average molecular weight is 301 g/mol. The fraction of sp³-hybridized carbons (Fsp3) is 0.235. The number of amides is 1. The first-order valence-electron chi connectivity index (χ1n) is 6.85. The fourth-order valence-corrected chi connectivity index (χ4v) is 2.01. The standard InChI is InChI=1S/C17H19NO4/c1-12-7-4-5-8-13(12)18-16(19)11-22-15-10-6-9-14(20-2)17(15)21-3/h4-10H,11H2,1-3H3,(H,18,19). The highest BCUT2D eigenvalue weighted by atomic mass is 16.5. The van der Waals surface area contributed by atoms with E-state index in [0.717, 1.165) is 11.3 Å². The number of aryl methyl sites for hydroxylation is 1. The van der Waals surface area contributed by atoms with Gasteiger partial charge in [-0.2, -0.15) is 0 Å². The van der Waals surface area contributed by atoms with Crippen LogP contribution in [0.4, 0.5) is 5.69 Å². The van der Waals surface area contributed by atoms with Gasteiger partial charge in [-0.3, -0.25) is 4.79 Å². The van der Waals surface area contributed by atoms with Crippen LogP contribution < -0.4 is 19.5 Å². The van der Waals surface area contributed by atoms with Gasteiger partial charge >= 0.3 is 0 Å². The Labute approximate surface area is 129 Å². The monoisotopic (exact) mass is 301 g/mol. The predicted octanol–water partition coefficient (Wildman–Crippen LogP) is 3.03. The van der Waals surface area contributed by atoms with Gasteiger partial charge < -0.3 is 19.5 Å². The fourth-order valence-electron chi connectivity index (χ4n) is 2.01. The van der Waals surface area contributed by atoms with E-state index in [-0.39, 0.29) is 12.5 Å². The maximum Gasteiger partial charge on any atom is 0.262 e. The van der Waals surface area contributed by atoms with Gasteiger partial charge in [-0.1, -0.05) is 24.3 Å². The lowest BCUT2D eigenvalue weighted by Gasteiger charge is -2.13. The van der Waals surface area contributed by atoms with Gasteiger partial charge in [0.15, 0.2) is 18.1 Å². The number of benzene rings is 2. The van der Waals surface area contributed by atoms with E-state index < -0.39 is 0 Å². The number of methoxy groups -OCH3 is 2. The van der Waals surface area contributed by atoms with E-state index in [1.54, 1.807) is 25.3 Å². The third-order valence-electron chi connectivity index (χ3n) is 3.14. The number of carbonyl (C=O) groups excluding carboxylic acids is 1. The molecule has 5 nitrogen and oxygen atoms in total. The molecule has 0 unspecified atom stereocenters. The van der Waals surface area contributed by atoms with Crippen LogP contribution in [0.3, 0.4) is 0 Å². The van der Waals surface area contributed by atoms with Crippen molar-refractivity contribution in [3.05, 3.63) is 48.0 Å². The summed E-state index contributed by atoms with van der Waals surface area (Å²) >= 11 is 0. The highest BCUT2D eigenvalue weighted by Gasteiger charge is 2.12. The van der Waals surface area contributed by atoms with Crippen molar-refractivity contribution in [2.75, 3.05) is 26.1 Å². The number of hydrogen-bond acceptors (Lipinski definition) is 4. The summed E-state index contributed by atoms with van der Waals surface area (Å²) in [4.78, 5) is 12.0. The summed E-state index contributed by atoms with van der Waals surface area (Å²) in [6, 6.07) is 12.8. The number of rotatable bonds is 6. The molecule has 2 rings (SSSR count). The molecule has 116 valence electrons. The summed E-state index contributed by atoms with van der Waals surface area (Å²) in [7, 11) is 3.07. The van der Waals surface area contributed by atoms with Crippen molar-refractivity contribution >= 4 is 11.6 Å². The first kappa shape index (κ1) is 15.7. The minimum atomic E-state index is -0.237. The molecule has 0 radical (unpaired) electrons. The van der Waals surface area contributed by atoms with Crippen LogP contribution in [0.2, 0.25) is 0 Å². The molecule has 0 aliphatic rings. The average Bonchev–Trinajstić information content (AvgIpc) is 2.54. The lowest BCUT2D eigenvalue weighted by Crippen LogP contribution is -2.20. The normalized spacial score (nSPS) is 9.95. The molecule has 0 aliphatic carbocycles. The topological polar surface area (TPSA) is 56.8 Å². The Balaban J connectivity index is 2.01. The van der Waals surface area contributed by atoms with Crippen LogP contribution in [0.5, 0.6) is 17.2 Å². The molecule has 0 aromatic heterocycles. The number of hydrogen-bond donors (Lipinski definition) is 1. The second kappa shape index (κ2) is 7.36. The summed E-state index contributed by atoms with van der Waals surface area (Å²) in [5.74, 6) is 1.24. The van der Waals surface area contributed by atoms with Crippen LogP contribution in [-0.2, 0) is 4.79 Å². The number of anilines is 1. The molecule has 0 heterocycles. The van der Waals surface area contributed by atoms with Gasteiger partial charge in [-0.25, -0.2) is 0 Å². The van der Waals surface area contributed by atoms with Crippen molar-refractivity contribution in [2.45, 2.75) is 6.92 Å². The lowest BCUT2D eigenvalue weighted by molar-refractivity contribution is -0.118. The zero-order valence-electron chi connectivity index (χ0n) is 12.9. The van der Waals surface area contributed by atoms with Crippen molar-refractivity contribution in [3.63, 3.8) is 0 Å². The molecular formula is C17H19NO4. The molecule has 5 heteroatoms. The third-order valence-corrected chi connectivity index (χ3v) is 3.14. The van der Waals surface area contributed by atoms with Crippen LogP contribution in [0, 0.1) is 6.92 Å². The van der Waals surface area contributed by atoms with Crippen LogP contribution in [-0.4, -0.2) is 26.7 Å². The quantitative estimate of drug-likeness (QED) is 0.891. The minimum Gasteiger partial charge on any atom is -0.493 e. The summed E-state index contributed by atoms with van der Waals surface area (Å²) in [5, 5.41) is 2.81. The molecular weight excluding hydrogens is 282 g/mol. The Morgan fingerprint density at radius 2 is 1.73 bits per heavy atom. The Kier molecular flexibility index (Phi) is 5.25. The summed E-state index contributed by atoms with van der Waals surface area (Å²) in [5.41, 5.74) is 1.77. The van der Waals surface area contributed by atoms with Gasteiger partial charge in [0.1, 0.15) is 0 Å². The van der Waals surface area contributed by atoms with Crippen molar-refractivity contribution in [1.82, 2.24) is 0 Å². The van der Waals surface area contributed by atoms with E-state index in [2.05, 4.69) is 5.32 Å². The Morgan fingerprint density at radius 3 is 2.41 bits per heavy atom. The number of carbonyl (C=O) groups is 1. The van der Waals surface area contributed by atoms with Crippen molar-refractivity contribution in [3.8, 4) is 17.2 Å². The molecule has 0 spiro atoms. The Bertz CT molecular complexity index is 655. The summed E-state index contributed by atoms with van der Waals surface area (Å²) in [6.07, 6.45) is 0. The van der Waals surface area contributed by atoms with Crippen LogP contribution in [0.1, 0.15) is 5.56 Å². The maximum atomic E-state index is 12.0. The first-order chi connectivity index (χ1) is 10.7. The largest absolute Gasteiger partial charge is 0.493 e. The molecule has 0 atom stereocenters. The molecule has 1 amide bonds. The number of ether oxygens (including phenoxy) is 3. The molecule has 0 saturated heterocycles. The van der Waals surface area contributed by atoms with Gasteiger partial charge in [0, 0.05) is 5.69 Å². The van der Waals surface area contributed by atoms with Gasteiger partial charge in [-0.15, -0.1) is 0 Å². The van der Waals surface area contributed by atoms with Crippen molar-refractivity contribution < 1.29 is 19.0 Å². The number of nitrogens with one attached hydrogen (secondary N) is 1. The van der Waals surface area contributed by atoms with Crippen LogP contribution >= 0.6 is 0 Å². The van der Waals surface area contributed by atoms with Gasteiger partial charge in [0.2, 0.25) is 5.75 Å². The van der Waals surface area contributed by atoms with E-state index >= 15 is 0 Å². The maximum absolute atomic E-state index is 12.0. The smallest absolute Gasteiger partial charge is 0.262 e. The van der Waals surface area contributed by atoms with E-state index in [1.807, 2.05) is 31.2 Å². The van der Waals surface area contributed by atoms with E-state index in [9.17, 15) is 4.79 Å². The van der Waals surface area contributed by atoms with Gasteiger partial charge in [-0.05, 0) is 30.7 Å². The second-order valence-corrected chi connectivity index (χ2v) is 4.64. The van der Waals surface area contributed by atoms with E-state index in [4.69, 9.17) is 14.2 Å². The predicted molar refractivity (Wildman–Crippen MR) is 84.8 cm³/mol. The highest BCUT2D eigenvalue weighted by molar-refractivity contribution is 5.92. The zero-order chi connectivity index (χ0) is 15.9. The molecule has 2 aromatic carbocycles. The minimum absolute atomic E-state index is 0.113. The molecule has 0 bridgehead atoms. The molecule has 1 N–H and O–H groups in total. The SMILES string of the molecule is COc1cccc(OCC(=O)Nc2ccccc2C)c1OC. The summed E-state index contributed by atoms with van der Waals surface area (Å²) in [6.45, 7) is 1.82. The van der Waals surface area contributed by atoms with Crippen LogP contribution in [0.25, 0.3) is 0 Å². The molecule has 0 saturated carbocycles. The van der Waals surface area contributed by atoms with Crippen LogP contribution in [0.15, 0.2) is 42.5 Å². The molecule has 22 heavy (non-hydrogen) atoms. The summed E-state index contributed by atoms with van der Waals surface area (Å²) < 4.78 is 16.0. The van der Waals surface area contributed by atoms with Crippen molar-refractivity contribution in [2.24, 2.45) is 0 Å². The lowest BCUT2D eigenvalue weighted by atomic mass is 10.2. The highest BCUT2D eigenvalue weighted by Crippen LogP contribution is 2.36. The van der Waals surface area contributed by atoms with Gasteiger partial charge in [0.25, 0.3) is 5.91 Å². The first-order valence-corrected chi connectivity index (χ1v) is 6.85. The van der Waals surface area contributed by atoms with Gasteiger partial charge in [0.05, 0.1) is 14.2 Å². The van der Waals surface area contributed by atoms with E-state index in [1.165, 1.54) is 7.11 Å². The van der Waals surface area contributed by atoms with E-state index in [0.29, 0.717) is 17.2 Å².